The normalized spacial score (nSPS) is 15.3. The number of furan rings is 1. The number of nitrogens with zero attached hydrogens (tertiary/aromatic N) is 1. The van der Waals surface area contributed by atoms with Gasteiger partial charge in [0.2, 0.25) is 0 Å². The zero-order chi connectivity index (χ0) is 20.2. The van der Waals surface area contributed by atoms with Crippen LogP contribution in [0.1, 0.15) is 21.7 Å². The van der Waals surface area contributed by atoms with Crippen LogP contribution in [0.5, 0.6) is 5.75 Å². The topological polar surface area (TPSA) is 71.8 Å². The zero-order valence-corrected chi connectivity index (χ0v) is 16.1. The Bertz CT molecular complexity index is 1010. The number of para-hydroxylation sites is 2. The minimum atomic E-state index is -0.781. The Morgan fingerprint density at radius 2 is 1.83 bits per heavy atom. The summed E-state index contributed by atoms with van der Waals surface area (Å²) >= 11 is 0. The fraction of sp³-hybridized carbons (Fsp3) is 0.217. The van der Waals surface area contributed by atoms with Gasteiger partial charge in [0.05, 0.1) is 24.1 Å². The lowest BCUT2D eigenvalue weighted by molar-refractivity contribution is -0.127. The van der Waals surface area contributed by atoms with Gasteiger partial charge in [-0.1, -0.05) is 42.5 Å². The Hall–Kier alpha value is -3.54. The highest BCUT2D eigenvalue weighted by Crippen LogP contribution is 2.34. The number of ether oxygens (including phenoxy) is 1. The Labute approximate surface area is 169 Å². The van der Waals surface area contributed by atoms with Crippen LogP contribution in [0, 0.1) is 6.92 Å². The van der Waals surface area contributed by atoms with E-state index in [0.29, 0.717) is 29.3 Å². The van der Waals surface area contributed by atoms with Crippen LogP contribution in [0.3, 0.4) is 0 Å². The fourth-order valence-electron chi connectivity index (χ4n) is 3.40. The molecule has 148 valence electrons. The van der Waals surface area contributed by atoms with Gasteiger partial charge in [-0.15, -0.1) is 0 Å². The van der Waals surface area contributed by atoms with Gasteiger partial charge >= 0.3 is 0 Å². The molecule has 6 heteroatoms. The summed E-state index contributed by atoms with van der Waals surface area (Å²) in [6.07, 6.45) is 1.44. The number of anilines is 1. The van der Waals surface area contributed by atoms with Crippen LogP contribution in [0.25, 0.3) is 0 Å². The molecule has 3 aromatic rings. The van der Waals surface area contributed by atoms with Gasteiger partial charge in [-0.25, -0.2) is 0 Å². The summed E-state index contributed by atoms with van der Waals surface area (Å²) in [5, 5.41) is 2.92. The maximum Gasteiger partial charge on any atom is 0.262 e. The summed E-state index contributed by atoms with van der Waals surface area (Å²) in [4.78, 5) is 27.4. The van der Waals surface area contributed by atoms with Gasteiger partial charge in [0.1, 0.15) is 11.5 Å². The van der Waals surface area contributed by atoms with E-state index in [4.69, 9.17) is 9.15 Å². The number of nitrogens with one attached hydrogen (secondary N) is 1. The highest BCUT2D eigenvalue weighted by atomic mass is 16.5. The second kappa shape index (κ2) is 8.22. The molecule has 0 aliphatic carbocycles. The number of aryl methyl sites for hydroxylation is 1. The van der Waals surface area contributed by atoms with Crippen molar-refractivity contribution in [1.82, 2.24) is 5.32 Å². The van der Waals surface area contributed by atoms with Crippen molar-refractivity contribution in [3.05, 3.63) is 83.8 Å². The number of hydrogen-bond donors (Lipinski definition) is 1. The summed E-state index contributed by atoms with van der Waals surface area (Å²) in [7, 11) is 0. The van der Waals surface area contributed by atoms with Gasteiger partial charge in [-0.05, 0) is 37.1 Å². The number of amides is 2. The van der Waals surface area contributed by atoms with E-state index in [9.17, 15) is 9.59 Å². The molecule has 0 unspecified atom stereocenters. The molecule has 0 radical (unpaired) electrons. The molecule has 6 nitrogen and oxygen atoms in total. The molecule has 0 fully saturated rings. The number of fused-ring (bicyclic) bond motifs is 1. The minimum Gasteiger partial charge on any atom is -0.477 e. The smallest absolute Gasteiger partial charge is 0.262 e. The van der Waals surface area contributed by atoms with E-state index in [-0.39, 0.29) is 18.4 Å². The monoisotopic (exact) mass is 390 g/mol. The van der Waals surface area contributed by atoms with E-state index in [1.54, 1.807) is 24.0 Å². The number of rotatable bonds is 5. The Kier molecular flexibility index (Phi) is 5.33. The van der Waals surface area contributed by atoms with E-state index in [2.05, 4.69) is 5.32 Å². The largest absolute Gasteiger partial charge is 0.477 e. The summed E-state index contributed by atoms with van der Waals surface area (Å²) in [6, 6.07) is 18.8. The molecular formula is C23H22N2O4. The van der Waals surface area contributed by atoms with Crippen LogP contribution >= 0.6 is 0 Å². The van der Waals surface area contributed by atoms with Crippen LogP contribution in [0.4, 0.5) is 5.69 Å². The summed E-state index contributed by atoms with van der Waals surface area (Å²) in [5.74, 6) is 0.602. The van der Waals surface area contributed by atoms with Gasteiger partial charge < -0.3 is 19.4 Å². The van der Waals surface area contributed by atoms with E-state index in [1.807, 2.05) is 48.5 Å². The predicted molar refractivity (Wildman–Crippen MR) is 109 cm³/mol. The summed E-state index contributed by atoms with van der Waals surface area (Å²) < 4.78 is 11.2. The number of benzene rings is 2. The minimum absolute atomic E-state index is 0.137. The maximum absolute atomic E-state index is 13.1. The quantitative estimate of drug-likeness (QED) is 0.725. The molecule has 1 N–H and O–H groups in total. The van der Waals surface area contributed by atoms with E-state index >= 15 is 0 Å². The lowest BCUT2D eigenvalue weighted by atomic mass is 10.1. The molecule has 1 aromatic heterocycles. The van der Waals surface area contributed by atoms with Crippen LogP contribution in [-0.2, 0) is 11.2 Å². The molecule has 29 heavy (non-hydrogen) atoms. The van der Waals surface area contributed by atoms with Gasteiger partial charge in [-0.2, -0.15) is 0 Å². The second-order valence-electron chi connectivity index (χ2n) is 6.91. The average Bonchev–Trinajstić information content (AvgIpc) is 3.19. The molecule has 2 amide bonds. The van der Waals surface area contributed by atoms with Crippen molar-refractivity contribution in [2.24, 2.45) is 0 Å². The van der Waals surface area contributed by atoms with Gasteiger partial charge in [0.25, 0.3) is 11.8 Å². The molecule has 4 rings (SSSR count). The van der Waals surface area contributed by atoms with Crippen LogP contribution in [0.2, 0.25) is 0 Å². The van der Waals surface area contributed by atoms with Gasteiger partial charge in [0, 0.05) is 6.54 Å². The highest BCUT2D eigenvalue weighted by molar-refractivity contribution is 6.08. The van der Waals surface area contributed by atoms with Crippen molar-refractivity contribution in [3.63, 3.8) is 0 Å². The molecule has 1 atom stereocenters. The predicted octanol–water partition coefficient (Wildman–Crippen LogP) is 3.35. The molecule has 0 spiro atoms. The van der Waals surface area contributed by atoms with Crippen molar-refractivity contribution in [3.8, 4) is 5.75 Å². The third kappa shape index (κ3) is 4.01. The Morgan fingerprint density at radius 3 is 2.59 bits per heavy atom. The van der Waals surface area contributed by atoms with Crippen molar-refractivity contribution < 1.29 is 18.7 Å². The van der Waals surface area contributed by atoms with Crippen LogP contribution < -0.4 is 15.0 Å². The van der Waals surface area contributed by atoms with Crippen LogP contribution in [0.15, 0.2) is 71.3 Å². The summed E-state index contributed by atoms with van der Waals surface area (Å²) in [6.45, 7) is 2.38. The van der Waals surface area contributed by atoms with Crippen LogP contribution in [-0.4, -0.2) is 31.0 Å². The third-order valence-electron chi connectivity index (χ3n) is 4.96. The van der Waals surface area contributed by atoms with Crippen molar-refractivity contribution in [2.45, 2.75) is 19.4 Å². The first kappa shape index (κ1) is 18.8. The number of hydrogen-bond acceptors (Lipinski definition) is 4. The molecule has 0 saturated carbocycles. The zero-order valence-electron chi connectivity index (χ0n) is 16.1. The molecular weight excluding hydrogens is 368 g/mol. The molecule has 1 aliphatic rings. The average molecular weight is 390 g/mol. The maximum atomic E-state index is 13.1. The lowest BCUT2D eigenvalue weighted by Crippen LogP contribution is -2.51. The molecule has 1 aliphatic heterocycles. The van der Waals surface area contributed by atoms with Crippen molar-refractivity contribution in [1.29, 1.82) is 0 Å². The van der Waals surface area contributed by atoms with Crippen molar-refractivity contribution >= 4 is 17.5 Å². The number of carbonyl (C=O) groups excluding carboxylic acids is 2. The van der Waals surface area contributed by atoms with Gasteiger partial charge in [-0.3, -0.25) is 9.59 Å². The Morgan fingerprint density at radius 1 is 1.07 bits per heavy atom. The summed E-state index contributed by atoms with van der Waals surface area (Å²) in [5.41, 5.74) is 2.27. The van der Waals surface area contributed by atoms with Crippen molar-refractivity contribution in [2.75, 3.05) is 18.0 Å². The first-order chi connectivity index (χ1) is 14.1. The van der Waals surface area contributed by atoms with E-state index in [0.717, 1.165) is 12.0 Å². The van der Waals surface area contributed by atoms with E-state index < -0.39 is 6.10 Å². The molecule has 2 heterocycles. The van der Waals surface area contributed by atoms with Gasteiger partial charge in [0.15, 0.2) is 6.10 Å². The molecule has 2 aromatic carbocycles. The first-order valence-corrected chi connectivity index (χ1v) is 9.57. The lowest BCUT2D eigenvalue weighted by Gasteiger charge is -2.34. The standard InChI is InChI=1S/C23H22N2O4/c1-16-18(12-14-28-16)23(27)25-15-21(29-20-10-6-5-9-19(20)25)22(26)24-13-11-17-7-3-2-4-8-17/h2-10,12,14,21H,11,13,15H2,1H3,(H,24,26)/t21-/m0/s1. The second-order valence-corrected chi connectivity index (χ2v) is 6.91. The fourth-order valence-corrected chi connectivity index (χ4v) is 3.40. The highest BCUT2D eigenvalue weighted by Gasteiger charge is 2.34. The first-order valence-electron chi connectivity index (χ1n) is 9.57. The SMILES string of the molecule is Cc1occc1C(=O)N1C[C@@H](C(=O)NCCc2ccccc2)Oc2ccccc21. The number of carbonyl (C=O) groups is 2. The van der Waals surface area contributed by atoms with E-state index in [1.165, 1.54) is 6.26 Å². The Balaban J connectivity index is 1.48. The molecule has 0 bridgehead atoms. The third-order valence-corrected chi connectivity index (χ3v) is 4.96. The molecule has 0 saturated heterocycles.